The molecule has 0 unspecified atom stereocenters. The minimum absolute atomic E-state index is 0.0674. The number of rotatable bonds is 1. The van der Waals surface area contributed by atoms with E-state index in [0.29, 0.717) is 6.54 Å². The standard InChI is InChI=1S/C11H12N2O/c1-9-11(5-3-7-12-9)6-4-8-13-10(2)14/h3,5,7H,8H2,1-2H3,(H,13,14). The van der Waals surface area contributed by atoms with E-state index in [0.717, 1.165) is 11.3 Å². The Balaban J connectivity index is 2.59. The van der Waals surface area contributed by atoms with Crippen molar-refractivity contribution < 1.29 is 4.79 Å². The summed E-state index contributed by atoms with van der Waals surface area (Å²) in [6.07, 6.45) is 1.73. The Kier molecular flexibility index (Phi) is 3.69. The number of aromatic nitrogens is 1. The molecule has 1 aromatic heterocycles. The molecule has 0 saturated heterocycles. The van der Waals surface area contributed by atoms with Gasteiger partial charge in [0.05, 0.1) is 12.2 Å². The smallest absolute Gasteiger partial charge is 0.217 e. The average molecular weight is 188 g/mol. The highest BCUT2D eigenvalue weighted by Crippen LogP contribution is 1.99. The van der Waals surface area contributed by atoms with Gasteiger partial charge in [-0.25, -0.2) is 0 Å². The molecule has 0 saturated carbocycles. The summed E-state index contributed by atoms with van der Waals surface area (Å²) in [5, 5.41) is 2.60. The monoisotopic (exact) mass is 188 g/mol. The van der Waals surface area contributed by atoms with Crippen LogP contribution in [-0.4, -0.2) is 17.4 Å². The molecule has 0 aliphatic rings. The molecule has 0 aliphatic carbocycles. The number of amides is 1. The van der Waals surface area contributed by atoms with Crippen LogP contribution in [0.5, 0.6) is 0 Å². The molecular weight excluding hydrogens is 176 g/mol. The molecule has 0 bridgehead atoms. The van der Waals surface area contributed by atoms with E-state index in [1.54, 1.807) is 6.20 Å². The lowest BCUT2D eigenvalue weighted by Gasteiger charge is -1.94. The quantitative estimate of drug-likeness (QED) is 0.665. The Labute approximate surface area is 83.6 Å². The van der Waals surface area contributed by atoms with Crippen molar-refractivity contribution in [3.63, 3.8) is 0 Å². The van der Waals surface area contributed by atoms with E-state index in [1.165, 1.54) is 6.92 Å². The van der Waals surface area contributed by atoms with E-state index in [9.17, 15) is 4.79 Å². The van der Waals surface area contributed by atoms with Crippen LogP contribution in [0.1, 0.15) is 18.2 Å². The number of aryl methyl sites for hydroxylation is 1. The van der Waals surface area contributed by atoms with Gasteiger partial charge >= 0.3 is 0 Å². The Morgan fingerprint density at radius 2 is 2.43 bits per heavy atom. The second kappa shape index (κ2) is 5.03. The Bertz CT molecular complexity index is 388. The molecule has 1 aromatic rings. The van der Waals surface area contributed by atoms with Gasteiger partial charge in [0.15, 0.2) is 0 Å². The maximum atomic E-state index is 10.5. The lowest BCUT2D eigenvalue weighted by molar-refractivity contribution is -0.118. The maximum Gasteiger partial charge on any atom is 0.217 e. The Morgan fingerprint density at radius 1 is 1.64 bits per heavy atom. The molecule has 0 spiro atoms. The number of hydrogen-bond acceptors (Lipinski definition) is 2. The number of nitrogens with zero attached hydrogens (tertiary/aromatic N) is 1. The predicted octanol–water partition coefficient (Wildman–Crippen LogP) is 0.878. The summed E-state index contributed by atoms with van der Waals surface area (Å²) in [5.41, 5.74) is 1.81. The third-order valence-corrected chi connectivity index (χ3v) is 1.66. The number of carbonyl (C=O) groups is 1. The van der Waals surface area contributed by atoms with Gasteiger partial charge in [-0.2, -0.15) is 0 Å². The van der Waals surface area contributed by atoms with E-state index < -0.39 is 0 Å². The van der Waals surface area contributed by atoms with Crippen molar-refractivity contribution in [2.75, 3.05) is 6.54 Å². The van der Waals surface area contributed by atoms with E-state index in [4.69, 9.17) is 0 Å². The molecule has 0 aliphatic heterocycles. The number of hydrogen-bond donors (Lipinski definition) is 1. The fraction of sp³-hybridized carbons (Fsp3) is 0.273. The van der Waals surface area contributed by atoms with Crippen molar-refractivity contribution in [3.05, 3.63) is 29.6 Å². The first-order valence-electron chi connectivity index (χ1n) is 4.35. The maximum absolute atomic E-state index is 10.5. The fourth-order valence-corrected chi connectivity index (χ4v) is 0.924. The predicted molar refractivity (Wildman–Crippen MR) is 54.5 cm³/mol. The van der Waals surface area contributed by atoms with Crippen LogP contribution in [0, 0.1) is 18.8 Å². The second-order valence-corrected chi connectivity index (χ2v) is 2.85. The molecular formula is C11H12N2O. The van der Waals surface area contributed by atoms with Crippen LogP contribution >= 0.6 is 0 Å². The van der Waals surface area contributed by atoms with Crippen molar-refractivity contribution in [1.29, 1.82) is 0 Å². The van der Waals surface area contributed by atoms with Crippen molar-refractivity contribution in [2.45, 2.75) is 13.8 Å². The lowest BCUT2D eigenvalue weighted by atomic mass is 10.2. The normalized spacial score (nSPS) is 8.71. The molecule has 72 valence electrons. The van der Waals surface area contributed by atoms with Gasteiger partial charge in [-0.05, 0) is 19.1 Å². The zero-order valence-corrected chi connectivity index (χ0v) is 8.29. The zero-order valence-electron chi connectivity index (χ0n) is 8.29. The van der Waals surface area contributed by atoms with E-state index >= 15 is 0 Å². The van der Waals surface area contributed by atoms with Gasteiger partial charge in [0.25, 0.3) is 0 Å². The molecule has 1 N–H and O–H groups in total. The van der Waals surface area contributed by atoms with Gasteiger partial charge in [-0.3, -0.25) is 9.78 Å². The van der Waals surface area contributed by atoms with Crippen molar-refractivity contribution in [1.82, 2.24) is 10.3 Å². The zero-order chi connectivity index (χ0) is 10.4. The largest absolute Gasteiger partial charge is 0.345 e. The molecule has 1 amide bonds. The average Bonchev–Trinajstić information content (AvgIpc) is 2.15. The summed E-state index contributed by atoms with van der Waals surface area (Å²) < 4.78 is 0. The fourth-order valence-electron chi connectivity index (χ4n) is 0.924. The molecule has 0 fully saturated rings. The van der Waals surface area contributed by atoms with Gasteiger partial charge in [-0.15, -0.1) is 0 Å². The summed E-state index contributed by atoms with van der Waals surface area (Å²) in [5.74, 6) is 5.73. The highest BCUT2D eigenvalue weighted by Gasteiger charge is 1.91. The highest BCUT2D eigenvalue weighted by atomic mass is 16.1. The number of pyridine rings is 1. The van der Waals surface area contributed by atoms with Crippen LogP contribution in [0.25, 0.3) is 0 Å². The van der Waals surface area contributed by atoms with Gasteiger partial charge in [0.1, 0.15) is 0 Å². The third-order valence-electron chi connectivity index (χ3n) is 1.66. The van der Waals surface area contributed by atoms with E-state index in [2.05, 4.69) is 22.1 Å². The Hall–Kier alpha value is -1.82. The Morgan fingerprint density at radius 3 is 3.07 bits per heavy atom. The van der Waals surface area contributed by atoms with E-state index in [1.807, 2.05) is 19.1 Å². The van der Waals surface area contributed by atoms with Crippen LogP contribution in [0.3, 0.4) is 0 Å². The van der Waals surface area contributed by atoms with Crippen LogP contribution in [0.4, 0.5) is 0 Å². The molecule has 3 nitrogen and oxygen atoms in total. The molecule has 0 atom stereocenters. The van der Waals surface area contributed by atoms with Gasteiger partial charge < -0.3 is 5.32 Å². The topological polar surface area (TPSA) is 42.0 Å². The van der Waals surface area contributed by atoms with Crippen LogP contribution in [-0.2, 0) is 4.79 Å². The lowest BCUT2D eigenvalue weighted by Crippen LogP contribution is -2.19. The van der Waals surface area contributed by atoms with Crippen molar-refractivity contribution >= 4 is 5.91 Å². The van der Waals surface area contributed by atoms with Crippen molar-refractivity contribution in [2.24, 2.45) is 0 Å². The van der Waals surface area contributed by atoms with Crippen molar-refractivity contribution in [3.8, 4) is 11.8 Å². The first-order chi connectivity index (χ1) is 6.70. The molecule has 0 radical (unpaired) electrons. The summed E-state index contributed by atoms with van der Waals surface area (Å²) >= 11 is 0. The third kappa shape index (κ3) is 3.28. The molecule has 3 heteroatoms. The number of carbonyl (C=O) groups excluding carboxylic acids is 1. The first-order valence-corrected chi connectivity index (χ1v) is 4.35. The van der Waals surface area contributed by atoms with Crippen LogP contribution in [0.15, 0.2) is 18.3 Å². The van der Waals surface area contributed by atoms with Gasteiger partial charge in [0.2, 0.25) is 5.91 Å². The second-order valence-electron chi connectivity index (χ2n) is 2.85. The molecule has 0 aromatic carbocycles. The summed E-state index contributed by atoms with van der Waals surface area (Å²) in [6.45, 7) is 3.75. The summed E-state index contributed by atoms with van der Waals surface area (Å²) in [7, 11) is 0. The minimum atomic E-state index is -0.0674. The molecule has 1 rings (SSSR count). The van der Waals surface area contributed by atoms with Gasteiger partial charge in [-0.1, -0.05) is 11.8 Å². The summed E-state index contributed by atoms with van der Waals surface area (Å²) in [6, 6.07) is 3.75. The van der Waals surface area contributed by atoms with Gasteiger partial charge in [0, 0.05) is 18.7 Å². The minimum Gasteiger partial charge on any atom is -0.345 e. The first kappa shape index (κ1) is 10.3. The van der Waals surface area contributed by atoms with Crippen LogP contribution < -0.4 is 5.32 Å². The highest BCUT2D eigenvalue weighted by molar-refractivity contribution is 5.73. The summed E-state index contributed by atoms with van der Waals surface area (Å²) in [4.78, 5) is 14.6. The number of nitrogens with one attached hydrogen (secondary N) is 1. The SMILES string of the molecule is CC(=O)NCC#Cc1cccnc1C. The van der Waals surface area contributed by atoms with Crippen LogP contribution in [0.2, 0.25) is 0 Å². The van der Waals surface area contributed by atoms with E-state index in [-0.39, 0.29) is 5.91 Å². The molecule has 14 heavy (non-hydrogen) atoms. The molecule has 1 heterocycles.